The van der Waals surface area contributed by atoms with E-state index in [0.717, 1.165) is 30.9 Å². The van der Waals surface area contributed by atoms with Crippen molar-refractivity contribution in [2.24, 2.45) is 5.73 Å². The molecule has 0 aliphatic carbocycles. The topological polar surface area (TPSA) is 51.6 Å². The average Bonchev–Trinajstić information content (AvgIpc) is 2.77. The summed E-state index contributed by atoms with van der Waals surface area (Å²) < 4.78 is 11.0. The molecule has 0 bridgehead atoms. The van der Waals surface area contributed by atoms with Crippen LogP contribution in [0.5, 0.6) is 0 Å². The monoisotopic (exact) mass is 276 g/mol. The number of furan rings is 1. The third kappa shape index (κ3) is 3.03. The predicted octanol–water partition coefficient (Wildman–Crippen LogP) is 2.71. The van der Waals surface area contributed by atoms with Crippen LogP contribution in [-0.2, 0) is 4.74 Å². The van der Waals surface area contributed by atoms with Crippen LogP contribution in [0.15, 0.2) is 28.7 Å². The van der Waals surface area contributed by atoms with E-state index in [9.17, 15) is 0 Å². The van der Waals surface area contributed by atoms with Crippen LogP contribution in [0.2, 0.25) is 0 Å². The highest BCUT2D eigenvalue weighted by Gasteiger charge is 2.22. The molecule has 0 saturated carbocycles. The largest absolute Gasteiger partial charge is 0.461 e. The molecule has 2 N–H and O–H groups in total. The van der Waals surface area contributed by atoms with Crippen LogP contribution in [0.3, 0.4) is 0 Å². The molecule has 0 spiro atoms. The molecule has 20 heavy (non-hydrogen) atoms. The molecule has 2 rings (SSSR count). The number of hydrogen-bond donors (Lipinski definition) is 1. The van der Waals surface area contributed by atoms with Crippen molar-refractivity contribution in [2.75, 3.05) is 33.9 Å². The lowest BCUT2D eigenvalue weighted by Crippen LogP contribution is -2.32. The first-order chi connectivity index (χ1) is 9.69. The van der Waals surface area contributed by atoms with Gasteiger partial charge in [0.2, 0.25) is 0 Å². The van der Waals surface area contributed by atoms with Gasteiger partial charge in [0, 0.05) is 37.8 Å². The fourth-order valence-corrected chi connectivity index (χ4v) is 2.73. The van der Waals surface area contributed by atoms with Gasteiger partial charge in [-0.3, -0.25) is 4.90 Å². The predicted molar refractivity (Wildman–Crippen MR) is 81.9 cm³/mol. The number of fused-ring (bicyclic) bond motifs is 1. The van der Waals surface area contributed by atoms with E-state index in [1.54, 1.807) is 7.11 Å². The van der Waals surface area contributed by atoms with E-state index >= 15 is 0 Å². The van der Waals surface area contributed by atoms with Gasteiger partial charge in [-0.15, -0.1) is 0 Å². The van der Waals surface area contributed by atoms with Gasteiger partial charge in [0.15, 0.2) is 0 Å². The molecule has 4 nitrogen and oxygen atoms in total. The Morgan fingerprint density at radius 2 is 2.10 bits per heavy atom. The van der Waals surface area contributed by atoms with Gasteiger partial charge >= 0.3 is 0 Å². The van der Waals surface area contributed by atoms with Crippen LogP contribution in [0.1, 0.15) is 23.8 Å². The average molecular weight is 276 g/mol. The number of nitrogens with zero attached hydrogens (tertiary/aromatic N) is 1. The molecule has 0 saturated heterocycles. The fraction of sp³-hybridized carbons (Fsp3) is 0.500. The molecule has 4 heteroatoms. The number of ether oxygens (including phenoxy) is 1. The van der Waals surface area contributed by atoms with E-state index in [-0.39, 0.29) is 6.04 Å². The SMILES string of the molecule is COCCCN(C)C(CN)c1c(C)oc2ccccc12. The molecule has 0 aliphatic heterocycles. The second-order valence-electron chi connectivity index (χ2n) is 5.15. The van der Waals surface area contributed by atoms with E-state index in [1.807, 2.05) is 25.1 Å². The zero-order valence-corrected chi connectivity index (χ0v) is 12.6. The van der Waals surface area contributed by atoms with E-state index in [0.29, 0.717) is 6.54 Å². The maximum Gasteiger partial charge on any atom is 0.134 e. The lowest BCUT2D eigenvalue weighted by Gasteiger charge is -2.27. The molecule has 0 fully saturated rings. The molecule has 0 radical (unpaired) electrons. The van der Waals surface area contributed by atoms with Gasteiger partial charge < -0.3 is 14.9 Å². The van der Waals surface area contributed by atoms with E-state index in [2.05, 4.69) is 18.0 Å². The fourth-order valence-electron chi connectivity index (χ4n) is 2.73. The number of rotatable bonds is 7. The highest BCUT2D eigenvalue weighted by molar-refractivity contribution is 5.82. The van der Waals surface area contributed by atoms with Crippen molar-refractivity contribution in [1.82, 2.24) is 4.90 Å². The van der Waals surface area contributed by atoms with Crippen molar-refractivity contribution >= 4 is 11.0 Å². The Hall–Kier alpha value is -1.36. The molecular weight excluding hydrogens is 252 g/mol. The second kappa shape index (κ2) is 6.88. The molecule has 1 aromatic heterocycles. The highest BCUT2D eigenvalue weighted by atomic mass is 16.5. The zero-order valence-electron chi connectivity index (χ0n) is 12.6. The van der Waals surface area contributed by atoms with Gasteiger partial charge in [0.25, 0.3) is 0 Å². The first-order valence-corrected chi connectivity index (χ1v) is 7.06. The summed E-state index contributed by atoms with van der Waals surface area (Å²) in [4.78, 5) is 2.28. The van der Waals surface area contributed by atoms with Crippen molar-refractivity contribution < 1.29 is 9.15 Å². The van der Waals surface area contributed by atoms with Crippen LogP contribution >= 0.6 is 0 Å². The number of aryl methyl sites for hydroxylation is 1. The molecule has 1 aromatic carbocycles. The minimum atomic E-state index is 0.176. The summed E-state index contributed by atoms with van der Waals surface area (Å²) in [7, 11) is 3.84. The van der Waals surface area contributed by atoms with Crippen molar-refractivity contribution in [3.05, 3.63) is 35.6 Å². The minimum Gasteiger partial charge on any atom is -0.461 e. The number of nitrogens with two attached hydrogens (primary N) is 1. The Labute approximate surface area is 120 Å². The maximum atomic E-state index is 6.01. The highest BCUT2D eigenvalue weighted by Crippen LogP contribution is 2.32. The van der Waals surface area contributed by atoms with Gasteiger partial charge in [-0.25, -0.2) is 0 Å². The standard InChI is InChI=1S/C16H24N2O2/c1-12-16(13-7-4-5-8-15(13)20-12)14(11-17)18(2)9-6-10-19-3/h4-5,7-8,14H,6,9-11,17H2,1-3H3. The van der Waals surface area contributed by atoms with E-state index in [1.165, 1.54) is 10.9 Å². The van der Waals surface area contributed by atoms with Crippen LogP contribution in [0.25, 0.3) is 11.0 Å². The van der Waals surface area contributed by atoms with E-state index in [4.69, 9.17) is 14.9 Å². The summed E-state index contributed by atoms with van der Waals surface area (Å²) in [6.07, 6.45) is 0.998. The molecule has 2 aromatic rings. The Bertz CT molecular complexity index is 550. The summed E-state index contributed by atoms with van der Waals surface area (Å²) in [5, 5.41) is 1.17. The van der Waals surface area contributed by atoms with Gasteiger partial charge in [-0.1, -0.05) is 18.2 Å². The number of para-hydroxylation sites is 1. The Kier molecular flexibility index (Phi) is 5.17. The summed E-state index contributed by atoms with van der Waals surface area (Å²) in [5.41, 5.74) is 8.16. The summed E-state index contributed by atoms with van der Waals surface area (Å²) >= 11 is 0. The normalized spacial score (nSPS) is 13.2. The van der Waals surface area contributed by atoms with Crippen LogP contribution in [-0.4, -0.2) is 38.8 Å². The lowest BCUT2D eigenvalue weighted by atomic mass is 10.0. The van der Waals surface area contributed by atoms with Gasteiger partial charge in [-0.2, -0.15) is 0 Å². The maximum absolute atomic E-state index is 6.01. The third-order valence-electron chi connectivity index (χ3n) is 3.77. The van der Waals surface area contributed by atoms with Gasteiger partial charge in [0.1, 0.15) is 11.3 Å². The molecule has 0 amide bonds. The minimum absolute atomic E-state index is 0.176. The Morgan fingerprint density at radius 1 is 1.35 bits per heavy atom. The van der Waals surface area contributed by atoms with Crippen molar-refractivity contribution in [2.45, 2.75) is 19.4 Å². The molecule has 1 atom stereocenters. The second-order valence-corrected chi connectivity index (χ2v) is 5.15. The van der Waals surface area contributed by atoms with Crippen LogP contribution in [0, 0.1) is 6.92 Å². The quantitative estimate of drug-likeness (QED) is 0.790. The first-order valence-electron chi connectivity index (χ1n) is 7.06. The van der Waals surface area contributed by atoms with Crippen molar-refractivity contribution in [3.8, 4) is 0 Å². The number of hydrogen-bond acceptors (Lipinski definition) is 4. The first kappa shape index (κ1) is 15.0. The number of methoxy groups -OCH3 is 1. The lowest BCUT2D eigenvalue weighted by molar-refractivity contribution is 0.166. The van der Waals surface area contributed by atoms with Gasteiger partial charge in [-0.05, 0) is 26.5 Å². The molecular formula is C16H24N2O2. The van der Waals surface area contributed by atoms with Crippen LogP contribution < -0.4 is 5.73 Å². The molecule has 0 aliphatic rings. The van der Waals surface area contributed by atoms with E-state index < -0.39 is 0 Å². The molecule has 1 heterocycles. The Morgan fingerprint density at radius 3 is 2.80 bits per heavy atom. The molecule has 110 valence electrons. The van der Waals surface area contributed by atoms with Crippen LogP contribution in [0.4, 0.5) is 0 Å². The summed E-state index contributed by atoms with van der Waals surface area (Å²) in [6, 6.07) is 8.32. The van der Waals surface area contributed by atoms with Gasteiger partial charge in [0.05, 0.1) is 6.04 Å². The smallest absolute Gasteiger partial charge is 0.134 e. The van der Waals surface area contributed by atoms with Crippen molar-refractivity contribution in [1.29, 1.82) is 0 Å². The summed E-state index contributed by atoms with van der Waals surface area (Å²) in [5.74, 6) is 0.959. The molecule has 1 unspecified atom stereocenters. The number of benzene rings is 1. The summed E-state index contributed by atoms with van der Waals surface area (Å²) in [6.45, 7) is 4.32. The number of likely N-dealkylation sites (N-methyl/N-ethyl adjacent to an activating group) is 1. The third-order valence-corrected chi connectivity index (χ3v) is 3.77. The van der Waals surface area contributed by atoms with Crippen molar-refractivity contribution in [3.63, 3.8) is 0 Å². The Balaban J connectivity index is 2.27. The zero-order chi connectivity index (χ0) is 14.5.